The van der Waals surface area contributed by atoms with Gasteiger partial charge in [0.2, 0.25) is 0 Å². The summed E-state index contributed by atoms with van der Waals surface area (Å²) in [6, 6.07) is 20.2. The molecule has 0 spiro atoms. The van der Waals surface area contributed by atoms with Gasteiger partial charge in [0.05, 0.1) is 0 Å². The van der Waals surface area contributed by atoms with Crippen LogP contribution < -0.4 is 4.74 Å². The summed E-state index contributed by atoms with van der Waals surface area (Å²) < 4.78 is 19.2. The molecule has 0 aliphatic rings. The van der Waals surface area contributed by atoms with Crippen molar-refractivity contribution in [1.82, 2.24) is 4.90 Å². The lowest BCUT2D eigenvalue weighted by Gasteiger charge is -2.23. The van der Waals surface area contributed by atoms with Crippen LogP contribution in [-0.4, -0.2) is 28.5 Å². The first-order chi connectivity index (χ1) is 14.4. The van der Waals surface area contributed by atoms with Gasteiger partial charge in [0.25, 0.3) is 5.91 Å². The molecule has 154 valence electrons. The van der Waals surface area contributed by atoms with Crippen LogP contribution in [0.4, 0.5) is 4.39 Å². The van der Waals surface area contributed by atoms with E-state index in [9.17, 15) is 19.1 Å². The number of amides is 1. The number of ether oxygens (including phenoxy) is 1. The molecule has 0 aliphatic carbocycles. The second-order valence-electron chi connectivity index (χ2n) is 6.96. The highest BCUT2D eigenvalue weighted by Gasteiger charge is 2.18. The average molecular weight is 407 g/mol. The van der Waals surface area contributed by atoms with Gasteiger partial charge >= 0.3 is 5.97 Å². The molecular weight excluding hydrogens is 385 g/mol. The number of rotatable bonds is 8. The summed E-state index contributed by atoms with van der Waals surface area (Å²) in [5.74, 6) is -1.69. The molecular formula is C24H22FNO4. The van der Waals surface area contributed by atoms with Crippen LogP contribution in [-0.2, 0) is 17.9 Å². The smallest absolute Gasteiger partial charge is 0.339 e. The number of carbonyl (C=O) groups excluding carboxylic acids is 1. The van der Waals surface area contributed by atoms with E-state index in [2.05, 4.69) is 0 Å². The van der Waals surface area contributed by atoms with E-state index in [-0.39, 0.29) is 36.2 Å². The first-order valence-corrected chi connectivity index (χ1v) is 9.45. The highest BCUT2D eigenvalue weighted by Crippen LogP contribution is 2.21. The number of hydrogen-bond acceptors (Lipinski definition) is 3. The fourth-order valence-corrected chi connectivity index (χ4v) is 3.05. The fourth-order valence-electron chi connectivity index (χ4n) is 3.05. The number of aromatic carboxylic acids is 1. The van der Waals surface area contributed by atoms with Crippen LogP contribution in [0.1, 0.15) is 27.0 Å². The van der Waals surface area contributed by atoms with E-state index in [1.807, 2.05) is 37.3 Å². The molecule has 0 atom stereocenters. The van der Waals surface area contributed by atoms with Crippen LogP contribution in [0.2, 0.25) is 0 Å². The Kier molecular flexibility index (Phi) is 6.80. The van der Waals surface area contributed by atoms with Crippen LogP contribution >= 0.6 is 0 Å². The molecule has 0 saturated carbocycles. The molecule has 0 fully saturated rings. The van der Waals surface area contributed by atoms with Gasteiger partial charge in [0, 0.05) is 13.1 Å². The van der Waals surface area contributed by atoms with Crippen molar-refractivity contribution >= 4 is 11.9 Å². The predicted molar refractivity (Wildman–Crippen MR) is 111 cm³/mol. The number of halogens is 1. The number of carboxylic acids is 1. The topological polar surface area (TPSA) is 66.8 Å². The van der Waals surface area contributed by atoms with E-state index >= 15 is 0 Å². The van der Waals surface area contributed by atoms with Crippen LogP contribution in [0.25, 0.3) is 0 Å². The van der Waals surface area contributed by atoms with E-state index in [1.54, 1.807) is 29.2 Å². The Morgan fingerprint density at radius 1 is 0.933 bits per heavy atom. The summed E-state index contributed by atoms with van der Waals surface area (Å²) in [5, 5.41) is 9.34. The minimum absolute atomic E-state index is 0.00635. The van der Waals surface area contributed by atoms with Gasteiger partial charge in [0.15, 0.2) is 6.61 Å². The van der Waals surface area contributed by atoms with Crippen LogP contribution in [0.15, 0.2) is 72.8 Å². The number of nitrogens with zero attached hydrogens (tertiary/aromatic N) is 1. The monoisotopic (exact) mass is 407 g/mol. The largest absolute Gasteiger partial charge is 0.483 e. The quantitative estimate of drug-likeness (QED) is 0.600. The van der Waals surface area contributed by atoms with Gasteiger partial charge in [-0.1, -0.05) is 48.5 Å². The van der Waals surface area contributed by atoms with Crippen molar-refractivity contribution in [2.24, 2.45) is 0 Å². The Morgan fingerprint density at radius 3 is 2.33 bits per heavy atom. The third kappa shape index (κ3) is 5.67. The maximum Gasteiger partial charge on any atom is 0.339 e. The zero-order chi connectivity index (χ0) is 21.5. The van der Waals surface area contributed by atoms with Crippen molar-refractivity contribution < 1.29 is 23.8 Å². The van der Waals surface area contributed by atoms with Gasteiger partial charge in [-0.15, -0.1) is 0 Å². The molecule has 3 rings (SSSR count). The lowest BCUT2D eigenvalue weighted by atomic mass is 10.1. The summed E-state index contributed by atoms with van der Waals surface area (Å²) in [6.07, 6.45) is 0. The van der Waals surface area contributed by atoms with Crippen molar-refractivity contribution in [3.05, 3.63) is 101 Å². The van der Waals surface area contributed by atoms with Crippen molar-refractivity contribution in [2.75, 3.05) is 6.61 Å². The van der Waals surface area contributed by atoms with Crippen LogP contribution in [0, 0.1) is 12.7 Å². The molecule has 3 aromatic carbocycles. The first kappa shape index (κ1) is 21.0. The number of carbonyl (C=O) groups is 2. The van der Waals surface area contributed by atoms with E-state index in [0.717, 1.165) is 11.1 Å². The molecule has 0 unspecified atom stereocenters. The van der Waals surface area contributed by atoms with E-state index < -0.39 is 5.97 Å². The summed E-state index contributed by atoms with van der Waals surface area (Å²) in [4.78, 5) is 25.9. The Bertz CT molecular complexity index is 1040. The number of hydrogen-bond donors (Lipinski definition) is 1. The summed E-state index contributed by atoms with van der Waals surface area (Å²) >= 11 is 0. The number of carboxylic acid groups (broad SMARTS) is 1. The van der Waals surface area contributed by atoms with Crippen molar-refractivity contribution in [1.29, 1.82) is 0 Å². The second-order valence-corrected chi connectivity index (χ2v) is 6.96. The Morgan fingerprint density at radius 2 is 1.63 bits per heavy atom. The summed E-state index contributed by atoms with van der Waals surface area (Å²) in [7, 11) is 0. The van der Waals surface area contributed by atoms with Crippen molar-refractivity contribution in [3.8, 4) is 5.75 Å². The summed E-state index contributed by atoms with van der Waals surface area (Å²) in [5.41, 5.74) is 2.39. The van der Waals surface area contributed by atoms with Crippen LogP contribution in [0.3, 0.4) is 0 Å². The minimum atomic E-state index is -1.13. The molecule has 0 heterocycles. The number of aryl methyl sites for hydroxylation is 1. The van der Waals surface area contributed by atoms with E-state index in [4.69, 9.17) is 4.74 Å². The maximum atomic E-state index is 13.6. The molecule has 5 nitrogen and oxygen atoms in total. The zero-order valence-corrected chi connectivity index (χ0v) is 16.5. The standard InChI is InChI=1S/C24H22FNO4/c1-17-10-11-21(24(28)29)22(12-17)30-16-23(27)26(14-18-6-3-2-4-7-18)15-19-8-5-9-20(25)13-19/h2-13H,14-16H2,1H3,(H,28,29). The van der Waals surface area contributed by atoms with Crippen molar-refractivity contribution in [2.45, 2.75) is 20.0 Å². The highest BCUT2D eigenvalue weighted by atomic mass is 19.1. The van der Waals surface area contributed by atoms with Crippen molar-refractivity contribution in [3.63, 3.8) is 0 Å². The van der Waals surface area contributed by atoms with Gasteiger partial charge in [0.1, 0.15) is 17.1 Å². The second kappa shape index (κ2) is 9.69. The minimum Gasteiger partial charge on any atom is -0.483 e. The Hall–Kier alpha value is -3.67. The third-order valence-corrected chi connectivity index (χ3v) is 4.55. The Balaban J connectivity index is 1.78. The van der Waals surface area contributed by atoms with E-state index in [1.165, 1.54) is 18.2 Å². The molecule has 0 bridgehead atoms. The SMILES string of the molecule is Cc1ccc(C(=O)O)c(OCC(=O)N(Cc2ccccc2)Cc2cccc(F)c2)c1. The normalized spacial score (nSPS) is 10.5. The lowest BCUT2D eigenvalue weighted by molar-refractivity contribution is -0.134. The average Bonchev–Trinajstić information content (AvgIpc) is 2.72. The molecule has 0 aromatic heterocycles. The number of benzene rings is 3. The molecule has 3 aromatic rings. The zero-order valence-electron chi connectivity index (χ0n) is 16.5. The highest BCUT2D eigenvalue weighted by molar-refractivity contribution is 5.91. The van der Waals surface area contributed by atoms with Gasteiger partial charge in [-0.05, 0) is 47.9 Å². The van der Waals surface area contributed by atoms with Crippen LogP contribution in [0.5, 0.6) is 5.75 Å². The molecule has 0 aliphatic heterocycles. The third-order valence-electron chi connectivity index (χ3n) is 4.55. The maximum absolute atomic E-state index is 13.6. The first-order valence-electron chi connectivity index (χ1n) is 9.45. The predicted octanol–water partition coefficient (Wildman–Crippen LogP) is 4.44. The van der Waals surface area contributed by atoms with E-state index in [0.29, 0.717) is 12.1 Å². The molecule has 6 heteroatoms. The van der Waals surface area contributed by atoms with Gasteiger partial charge in [-0.2, -0.15) is 0 Å². The molecule has 0 saturated heterocycles. The van der Waals surface area contributed by atoms with Gasteiger partial charge in [-0.3, -0.25) is 4.79 Å². The van der Waals surface area contributed by atoms with Gasteiger partial charge in [-0.25, -0.2) is 9.18 Å². The Labute approximate surface area is 174 Å². The lowest BCUT2D eigenvalue weighted by Crippen LogP contribution is -2.34. The molecule has 0 radical (unpaired) electrons. The molecule has 1 amide bonds. The molecule has 1 N–H and O–H groups in total. The van der Waals surface area contributed by atoms with Gasteiger partial charge < -0.3 is 14.7 Å². The summed E-state index contributed by atoms with van der Waals surface area (Å²) in [6.45, 7) is 2.01. The fraction of sp³-hybridized carbons (Fsp3) is 0.167. The molecule has 30 heavy (non-hydrogen) atoms.